The number of nitrogens with zero attached hydrogens (tertiary/aromatic N) is 4. The lowest BCUT2D eigenvalue weighted by Crippen LogP contribution is -2.20. The molecule has 1 aromatic carbocycles. The molecule has 6 heteroatoms. The van der Waals surface area contributed by atoms with E-state index in [0.717, 1.165) is 46.3 Å². The van der Waals surface area contributed by atoms with Crippen molar-refractivity contribution in [1.29, 1.82) is 0 Å². The van der Waals surface area contributed by atoms with Crippen molar-refractivity contribution in [1.82, 2.24) is 20.2 Å². The van der Waals surface area contributed by atoms with Crippen LogP contribution in [0, 0.1) is 5.92 Å². The molecule has 4 rings (SSSR count). The number of aryl methyl sites for hydroxylation is 1. The second-order valence-electron chi connectivity index (χ2n) is 6.19. The van der Waals surface area contributed by atoms with E-state index in [1.54, 1.807) is 16.0 Å². The minimum atomic E-state index is 0.214. The minimum absolute atomic E-state index is 0.214. The standard InChI is InChI=1S/C17H18N4OS/c1-3-10-4-6-12-14(8-10)23-15-9-11(5-7-13(15)16(12)22)17-18-19-20-21(17)2/h5,7,9-10H,3-4,6,8H2,1-2H3. The number of hydrogen-bond acceptors (Lipinski definition) is 5. The van der Waals surface area contributed by atoms with Crippen LogP contribution < -0.4 is 5.43 Å². The highest BCUT2D eigenvalue weighted by molar-refractivity contribution is 7.18. The highest BCUT2D eigenvalue weighted by atomic mass is 32.1. The van der Waals surface area contributed by atoms with Crippen molar-refractivity contribution in [3.8, 4) is 11.4 Å². The largest absolute Gasteiger partial charge is 0.289 e. The predicted molar refractivity (Wildman–Crippen MR) is 91.7 cm³/mol. The lowest BCUT2D eigenvalue weighted by Gasteiger charge is -2.22. The molecule has 1 aliphatic carbocycles. The van der Waals surface area contributed by atoms with Crippen LogP contribution in [0.25, 0.3) is 21.5 Å². The van der Waals surface area contributed by atoms with Gasteiger partial charge in [-0.3, -0.25) is 4.79 Å². The van der Waals surface area contributed by atoms with Crippen molar-refractivity contribution in [2.45, 2.75) is 32.6 Å². The Balaban J connectivity index is 1.89. The Morgan fingerprint density at radius 1 is 1.39 bits per heavy atom. The van der Waals surface area contributed by atoms with Gasteiger partial charge in [0, 0.05) is 33.1 Å². The predicted octanol–water partition coefficient (Wildman–Crippen LogP) is 2.97. The van der Waals surface area contributed by atoms with E-state index in [0.29, 0.717) is 5.92 Å². The second-order valence-corrected chi connectivity index (χ2v) is 7.32. The fourth-order valence-corrected chi connectivity index (χ4v) is 4.73. The van der Waals surface area contributed by atoms with Gasteiger partial charge >= 0.3 is 0 Å². The van der Waals surface area contributed by atoms with E-state index in [9.17, 15) is 4.79 Å². The summed E-state index contributed by atoms with van der Waals surface area (Å²) >= 11 is 1.76. The molecule has 1 unspecified atom stereocenters. The van der Waals surface area contributed by atoms with E-state index >= 15 is 0 Å². The van der Waals surface area contributed by atoms with Gasteiger partial charge in [-0.1, -0.05) is 19.4 Å². The summed E-state index contributed by atoms with van der Waals surface area (Å²) in [6.45, 7) is 2.23. The summed E-state index contributed by atoms with van der Waals surface area (Å²) in [6.07, 6.45) is 4.29. The van der Waals surface area contributed by atoms with Gasteiger partial charge in [0.1, 0.15) is 0 Å². The molecule has 0 spiro atoms. The first-order valence-electron chi connectivity index (χ1n) is 7.98. The zero-order chi connectivity index (χ0) is 16.0. The van der Waals surface area contributed by atoms with Gasteiger partial charge in [0.15, 0.2) is 11.3 Å². The van der Waals surface area contributed by atoms with Gasteiger partial charge in [-0.2, -0.15) is 0 Å². The Bertz CT molecular complexity index is 943. The topological polar surface area (TPSA) is 60.7 Å². The minimum Gasteiger partial charge on any atom is -0.289 e. The zero-order valence-corrected chi connectivity index (χ0v) is 14.1. The third kappa shape index (κ3) is 2.37. The van der Waals surface area contributed by atoms with Crippen LogP contribution in [0.4, 0.5) is 0 Å². The molecule has 0 N–H and O–H groups in total. The van der Waals surface area contributed by atoms with Crippen molar-refractivity contribution in [3.05, 3.63) is 38.9 Å². The van der Waals surface area contributed by atoms with Gasteiger partial charge in [-0.15, -0.1) is 16.4 Å². The molecule has 1 atom stereocenters. The number of rotatable bonds is 2. The maximum atomic E-state index is 12.8. The van der Waals surface area contributed by atoms with E-state index < -0.39 is 0 Å². The van der Waals surface area contributed by atoms with Gasteiger partial charge in [0.25, 0.3) is 0 Å². The zero-order valence-electron chi connectivity index (χ0n) is 13.2. The van der Waals surface area contributed by atoms with Crippen LogP contribution in [0.5, 0.6) is 0 Å². The average molecular weight is 326 g/mol. The number of hydrogen-bond donors (Lipinski definition) is 0. The van der Waals surface area contributed by atoms with Crippen LogP contribution in [0.2, 0.25) is 0 Å². The van der Waals surface area contributed by atoms with Crippen molar-refractivity contribution in [2.75, 3.05) is 0 Å². The fourth-order valence-electron chi connectivity index (χ4n) is 3.37. The van der Waals surface area contributed by atoms with E-state index in [1.807, 2.05) is 25.2 Å². The van der Waals surface area contributed by atoms with Gasteiger partial charge in [-0.25, -0.2) is 4.68 Å². The Hall–Kier alpha value is -2.08. The number of benzene rings is 1. The number of aromatic nitrogens is 4. The van der Waals surface area contributed by atoms with E-state index in [-0.39, 0.29) is 5.43 Å². The summed E-state index contributed by atoms with van der Waals surface area (Å²) in [5.74, 6) is 1.43. The van der Waals surface area contributed by atoms with Crippen molar-refractivity contribution >= 4 is 21.4 Å². The molecule has 2 heterocycles. The monoisotopic (exact) mass is 326 g/mol. The third-order valence-corrected chi connectivity index (χ3v) is 6.02. The quantitative estimate of drug-likeness (QED) is 0.726. The summed E-state index contributed by atoms with van der Waals surface area (Å²) < 4.78 is 2.68. The molecule has 2 aromatic heterocycles. The molecule has 3 aromatic rings. The molecule has 0 radical (unpaired) electrons. The Labute approximate surface area is 138 Å². The van der Waals surface area contributed by atoms with E-state index in [4.69, 9.17) is 0 Å². The van der Waals surface area contributed by atoms with Crippen LogP contribution in [-0.2, 0) is 19.9 Å². The second kappa shape index (κ2) is 5.53. The fraction of sp³-hybridized carbons (Fsp3) is 0.412. The Morgan fingerprint density at radius 2 is 2.26 bits per heavy atom. The van der Waals surface area contributed by atoms with Gasteiger partial charge in [-0.05, 0) is 47.7 Å². The van der Waals surface area contributed by atoms with Gasteiger partial charge in [0.2, 0.25) is 0 Å². The molecule has 0 bridgehead atoms. The van der Waals surface area contributed by atoms with Crippen LogP contribution in [0.1, 0.15) is 30.2 Å². The summed E-state index contributed by atoms with van der Waals surface area (Å²) in [4.78, 5) is 14.1. The maximum absolute atomic E-state index is 12.8. The first-order chi connectivity index (χ1) is 11.2. The Morgan fingerprint density at radius 3 is 3.00 bits per heavy atom. The van der Waals surface area contributed by atoms with Crippen LogP contribution in [-0.4, -0.2) is 20.2 Å². The maximum Gasteiger partial charge on any atom is 0.191 e. The molecule has 23 heavy (non-hydrogen) atoms. The molecule has 0 saturated heterocycles. The summed E-state index contributed by atoms with van der Waals surface area (Å²) in [7, 11) is 1.82. The van der Waals surface area contributed by atoms with Crippen molar-refractivity contribution in [3.63, 3.8) is 0 Å². The summed E-state index contributed by atoms with van der Waals surface area (Å²) in [5.41, 5.74) is 2.20. The number of fused-ring (bicyclic) bond motifs is 2. The SMILES string of the molecule is CCC1CCc2c(sc3cc(-c4nnnn4C)ccc3c2=O)C1. The molecule has 0 aliphatic heterocycles. The lowest BCUT2D eigenvalue weighted by atomic mass is 9.86. The van der Waals surface area contributed by atoms with Crippen LogP contribution in [0.3, 0.4) is 0 Å². The highest BCUT2D eigenvalue weighted by Gasteiger charge is 2.22. The van der Waals surface area contributed by atoms with Crippen molar-refractivity contribution in [2.24, 2.45) is 13.0 Å². The van der Waals surface area contributed by atoms with E-state index in [2.05, 4.69) is 22.4 Å². The van der Waals surface area contributed by atoms with Gasteiger partial charge in [0.05, 0.1) is 0 Å². The van der Waals surface area contributed by atoms with Crippen molar-refractivity contribution < 1.29 is 0 Å². The molecule has 118 valence electrons. The molecule has 1 aliphatic rings. The van der Waals surface area contributed by atoms with Crippen LogP contribution >= 0.6 is 11.3 Å². The highest BCUT2D eigenvalue weighted by Crippen LogP contribution is 2.33. The normalized spacial score (nSPS) is 17.4. The third-order valence-electron chi connectivity index (χ3n) is 4.80. The molecule has 5 nitrogen and oxygen atoms in total. The van der Waals surface area contributed by atoms with Gasteiger partial charge < -0.3 is 0 Å². The smallest absolute Gasteiger partial charge is 0.191 e. The lowest BCUT2D eigenvalue weighted by molar-refractivity contribution is 0.448. The molecule has 0 saturated carbocycles. The number of tetrazole rings is 1. The van der Waals surface area contributed by atoms with E-state index in [1.165, 1.54) is 11.3 Å². The molecular weight excluding hydrogens is 308 g/mol. The first-order valence-corrected chi connectivity index (χ1v) is 8.80. The first kappa shape index (κ1) is 14.5. The summed E-state index contributed by atoms with van der Waals surface area (Å²) in [6, 6.07) is 5.90. The average Bonchev–Trinajstić information content (AvgIpc) is 3.00. The Kier molecular flexibility index (Phi) is 3.49. The molecule has 0 fully saturated rings. The van der Waals surface area contributed by atoms with Crippen LogP contribution in [0.15, 0.2) is 23.0 Å². The molecule has 0 amide bonds. The molecular formula is C17H18N4OS. The summed E-state index contributed by atoms with van der Waals surface area (Å²) in [5, 5.41) is 12.4.